The van der Waals surface area contributed by atoms with Crippen molar-refractivity contribution in [3.8, 4) is 5.75 Å². The molecule has 2 aliphatic heterocycles. The second kappa shape index (κ2) is 8.37. The molecule has 1 N–H and O–H groups in total. The number of piperidine rings is 1. The van der Waals surface area contributed by atoms with E-state index < -0.39 is 0 Å². The van der Waals surface area contributed by atoms with Crippen LogP contribution in [0, 0.1) is 0 Å². The number of benzene rings is 1. The number of rotatable bonds is 5. The van der Waals surface area contributed by atoms with E-state index in [0.29, 0.717) is 32.0 Å². The smallest absolute Gasteiger partial charge is 0.224 e. The van der Waals surface area contributed by atoms with Crippen molar-refractivity contribution in [2.45, 2.75) is 57.4 Å². The minimum absolute atomic E-state index is 0.0150. The molecule has 0 spiro atoms. The van der Waals surface area contributed by atoms with Crippen LogP contribution in [0.1, 0.15) is 56.9 Å². The molecule has 0 unspecified atom stereocenters. The average Bonchev–Trinajstić information content (AvgIpc) is 2.62. The maximum Gasteiger partial charge on any atom is 0.224 e. The van der Waals surface area contributed by atoms with Crippen molar-refractivity contribution in [3.63, 3.8) is 0 Å². The lowest BCUT2D eigenvalue weighted by atomic mass is 9.90. The Hall–Kier alpha value is -2.04. The number of nitrogens with one attached hydrogen (secondary N) is 1. The lowest BCUT2D eigenvalue weighted by Gasteiger charge is -2.33. The van der Waals surface area contributed by atoms with Crippen molar-refractivity contribution in [3.05, 3.63) is 29.8 Å². The fourth-order valence-electron chi connectivity index (χ4n) is 3.84. The quantitative estimate of drug-likeness (QED) is 0.893. The van der Waals surface area contributed by atoms with Gasteiger partial charge in [-0.25, -0.2) is 0 Å². The van der Waals surface area contributed by atoms with E-state index in [1.807, 2.05) is 29.2 Å². The van der Waals surface area contributed by atoms with E-state index in [1.54, 1.807) is 0 Å². The molecule has 0 bridgehead atoms. The highest BCUT2D eigenvalue weighted by Crippen LogP contribution is 2.35. The molecule has 2 amide bonds. The summed E-state index contributed by atoms with van der Waals surface area (Å²) in [7, 11) is 0. The van der Waals surface area contributed by atoms with Crippen LogP contribution in [0.25, 0.3) is 0 Å². The van der Waals surface area contributed by atoms with Crippen molar-refractivity contribution >= 4 is 11.8 Å². The Morgan fingerprint density at radius 1 is 1.24 bits per heavy atom. The summed E-state index contributed by atoms with van der Waals surface area (Å²) in [6.45, 7) is 4.04. The van der Waals surface area contributed by atoms with E-state index in [4.69, 9.17) is 4.74 Å². The maximum atomic E-state index is 12.3. The van der Waals surface area contributed by atoms with Gasteiger partial charge in [0.05, 0.1) is 6.61 Å². The van der Waals surface area contributed by atoms with Crippen LogP contribution in [0.2, 0.25) is 0 Å². The fourth-order valence-corrected chi connectivity index (χ4v) is 3.84. The highest BCUT2D eigenvalue weighted by molar-refractivity contribution is 5.79. The lowest BCUT2D eigenvalue weighted by molar-refractivity contribution is -0.134. The van der Waals surface area contributed by atoms with E-state index in [9.17, 15) is 9.59 Å². The van der Waals surface area contributed by atoms with Crippen LogP contribution in [-0.2, 0) is 9.59 Å². The molecule has 1 aromatic carbocycles. The summed E-state index contributed by atoms with van der Waals surface area (Å²) >= 11 is 0. The van der Waals surface area contributed by atoms with Crippen LogP contribution in [0.5, 0.6) is 5.75 Å². The number of carbonyl (C=O) groups is 2. The number of carbonyl (C=O) groups excluding carboxylic acids is 2. The van der Waals surface area contributed by atoms with Crippen LogP contribution in [-0.4, -0.2) is 42.5 Å². The van der Waals surface area contributed by atoms with Crippen molar-refractivity contribution in [1.29, 1.82) is 0 Å². The van der Waals surface area contributed by atoms with Gasteiger partial charge >= 0.3 is 0 Å². The third-order valence-corrected chi connectivity index (χ3v) is 5.30. The molecule has 0 aromatic heterocycles. The Balaban J connectivity index is 1.44. The van der Waals surface area contributed by atoms with Gasteiger partial charge in [0.15, 0.2) is 0 Å². The van der Waals surface area contributed by atoms with Crippen LogP contribution in [0.3, 0.4) is 0 Å². The third kappa shape index (κ3) is 4.53. The molecule has 3 rings (SSSR count). The molecule has 5 heteroatoms. The highest BCUT2D eigenvalue weighted by atomic mass is 16.5. The van der Waals surface area contributed by atoms with E-state index in [-0.39, 0.29) is 17.7 Å². The van der Waals surface area contributed by atoms with E-state index in [1.165, 1.54) is 6.42 Å². The van der Waals surface area contributed by atoms with E-state index in [2.05, 4.69) is 12.2 Å². The molecule has 0 saturated carbocycles. The Morgan fingerprint density at radius 2 is 2.08 bits per heavy atom. The zero-order valence-electron chi connectivity index (χ0n) is 15.0. The van der Waals surface area contributed by atoms with Crippen LogP contribution in [0.15, 0.2) is 24.3 Å². The molecule has 0 aliphatic carbocycles. The normalized spacial score (nSPS) is 22.7. The van der Waals surface area contributed by atoms with Crippen molar-refractivity contribution < 1.29 is 14.3 Å². The van der Waals surface area contributed by atoms with Gasteiger partial charge in [-0.15, -0.1) is 0 Å². The lowest BCUT2D eigenvalue weighted by Crippen LogP contribution is -2.43. The highest BCUT2D eigenvalue weighted by Gasteiger charge is 2.25. The largest absolute Gasteiger partial charge is 0.493 e. The fraction of sp³-hybridized carbons (Fsp3) is 0.600. The zero-order valence-corrected chi connectivity index (χ0v) is 15.0. The summed E-state index contributed by atoms with van der Waals surface area (Å²) in [5.41, 5.74) is 1.11. The standard InChI is InChI=1S/C20H28N2O3/c1-15-6-4-5-12-22(15)20(24)9-11-21-19(23)14-16-10-13-25-18-8-3-2-7-17(16)18/h2-3,7-8,15-16H,4-6,9-14H2,1H3,(H,21,23)/t15-,16-/m1/s1. The Morgan fingerprint density at radius 3 is 2.92 bits per heavy atom. The van der Waals surface area contributed by atoms with Gasteiger partial charge in [0.2, 0.25) is 11.8 Å². The molecule has 0 radical (unpaired) electrons. The summed E-state index contributed by atoms with van der Waals surface area (Å²) in [6, 6.07) is 8.26. The first-order valence-electron chi connectivity index (χ1n) is 9.43. The SMILES string of the molecule is C[C@@H]1CCCCN1C(=O)CCNC(=O)C[C@H]1CCOc2ccccc21. The van der Waals surface area contributed by atoms with E-state index >= 15 is 0 Å². The molecule has 2 aliphatic rings. The number of ether oxygens (including phenoxy) is 1. The molecular formula is C20H28N2O3. The first-order chi connectivity index (χ1) is 12.1. The molecule has 1 saturated heterocycles. The van der Waals surface area contributed by atoms with Gasteiger partial charge in [-0.3, -0.25) is 9.59 Å². The maximum absolute atomic E-state index is 12.3. The third-order valence-electron chi connectivity index (χ3n) is 5.30. The second-order valence-corrected chi connectivity index (χ2v) is 7.11. The molecule has 2 heterocycles. The number of nitrogens with zero attached hydrogens (tertiary/aromatic N) is 1. The summed E-state index contributed by atoms with van der Waals surface area (Å²) < 4.78 is 5.64. The van der Waals surface area contributed by atoms with Gasteiger partial charge in [0.25, 0.3) is 0 Å². The van der Waals surface area contributed by atoms with Gasteiger partial charge < -0.3 is 15.0 Å². The monoisotopic (exact) mass is 344 g/mol. The Labute approximate surface area is 149 Å². The molecule has 136 valence electrons. The van der Waals surface area contributed by atoms with Crippen molar-refractivity contribution in [2.75, 3.05) is 19.7 Å². The number of para-hydroxylation sites is 1. The number of hydrogen-bond donors (Lipinski definition) is 1. The molecule has 5 nitrogen and oxygen atoms in total. The van der Waals surface area contributed by atoms with Gasteiger partial charge in [0, 0.05) is 32.0 Å². The van der Waals surface area contributed by atoms with Gasteiger partial charge in [0.1, 0.15) is 5.75 Å². The predicted octanol–water partition coefficient (Wildman–Crippen LogP) is 2.85. The molecule has 2 atom stereocenters. The number of amides is 2. The summed E-state index contributed by atoms with van der Waals surface area (Å²) in [5, 5.41) is 2.92. The minimum Gasteiger partial charge on any atom is -0.493 e. The first-order valence-corrected chi connectivity index (χ1v) is 9.43. The Bertz CT molecular complexity index is 617. The summed E-state index contributed by atoms with van der Waals surface area (Å²) in [4.78, 5) is 26.5. The number of hydrogen-bond acceptors (Lipinski definition) is 3. The minimum atomic E-state index is 0.0150. The van der Waals surface area contributed by atoms with Crippen LogP contribution >= 0.6 is 0 Å². The Kier molecular flexibility index (Phi) is 5.95. The van der Waals surface area contributed by atoms with Gasteiger partial charge in [-0.05, 0) is 50.2 Å². The van der Waals surface area contributed by atoms with Crippen molar-refractivity contribution in [1.82, 2.24) is 10.2 Å². The molecule has 1 aromatic rings. The summed E-state index contributed by atoms with van der Waals surface area (Å²) in [6.07, 6.45) is 5.07. The molecule has 1 fully saturated rings. The molecule has 25 heavy (non-hydrogen) atoms. The number of fused-ring (bicyclic) bond motifs is 1. The van der Waals surface area contributed by atoms with Gasteiger partial charge in [-0.1, -0.05) is 18.2 Å². The van der Waals surface area contributed by atoms with Crippen LogP contribution < -0.4 is 10.1 Å². The second-order valence-electron chi connectivity index (χ2n) is 7.11. The average molecular weight is 344 g/mol. The van der Waals surface area contributed by atoms with E-state index in [0.717, 1.165) is 37.1 Å². The zero-order chi connectivity index (χ0) is 17.6. The summed E-state index contributed by atoms with van der Waals surface area (Å²) in [5.74, 6) is 1.26. The topological polar surface area (TPSA) is 58.6 Å². The molecular weight excluding hydrogens is 316 g/mol. The predicted molar refractivity (Wildman–Crippen MR) is 96.6 cm³/mol. The van der Waals surface area contributed by atoms with Crippen LogP contribution in [0.4, 0.5) is 0 Å². The first kappa shape index (κ1) is 17.8. The van der Waals surface area contributed by atoms with Crippen molar-refractivity contribution in [2.24, 2.45) is 0 Å². The van der Waals surface area contributed by atoms with Gasteiger partial charge in [-0.2, -0.15) is 0 Å². The number of likely N-dealkylation sites (tertiary alicyclic amines) is 1.